The highest BCUT2D eigenvalue weighted by molar-refractivity contribution is 5.77. The third kappa shape index (κ3) is 4.64. The number of nitrogens with two attached hydrogens (primary N) is 1. The number of benzene rings is 2. The SMILES string of the molecule is Nc1ncc(-c2cccc(F)c2)c([C@@H]2CCCN(C(=O)CCc3ccccc3)C2)n1. The van der Waals surface area contributed by atoms with E-state index in [9.17, 15) is 9.18 Å². The zero-order valence-electron chi connectivity index (χ0n) is 16.8. The number of nitrogen functional groups attached to an aromatic ring is 1. The fourth-order valence-corrected chi connectivity index (χ4v) is 4.08. The normalized spacial score (nSPS) is 16.4. The molecular weight excluding hydrogens is 379 g/mol. The molecule has 5 nitrogen and oxygen atoms in total. The second-order valence-electron chi connectivity index (χ2n) is 7.70. The first-order valence-electron chi connectivity index (χ1n) is 10.3. The number of hydrogen-bond donors (Lipinski definition) is 1. The van der Waals surface area contributed by atoms with Crippen molar-refractivity contribution >= 4 is 11.9 Å². The number of carbonyl (C=O) groups is 1. The van der Waals surface area contributed by atoms with Crippen LogP contribution in [0.5, 0.6) is 0 Å². The molecule has 2 heterocycles. The van der Waals surface area contributed by atoms with Crippen LogP contribution in [0.15, 0.2) is 60.8 Å². The van der Waals surface area contributed by atoms with Gasteiger partial charge in [0.05, 0.1) is 5.69 Å². The highest BCUT2D eigenvalue weighted by Gasteiger charge is 2.28. The summed E-state index contributed by atoms with van der Waals surface area (Å²) in [7, 11) is 0. The highest BCUT2D eigenvalue weighted by atomic mass is 19.1. The molecule has 0 unspecified atom stereocenters. The summed E-state index contributed by atoms with van der Waals surface area (Å²) in [5.74, 6) is 0.0789. The second-order valence-corrected chi connectivity index (χ2v) is 7.70. The van der Waals surface area contributed by atoms with Crippen LogP contribution in [0.4, 0.5) is 10.3 Å². The molecule has 0 saturated carbocycles. The van der Waals surface area contributed by atoms with E-state index in [4.69, 9.17) is 5.73 Å². The fraction of sp³-hybridized carbons (Fsp3) is 0.292. The smallest absolute Gasteiger partial charge is 0.222 e. The molecule has 1 aliphatic heterocycles. The van der Waals surface area contributed by atoms with Gasteiger partial charge >= 0.3 is 0 Å². The van der Waals surface area contributed by atoms with E-state index < -0.39 is 0 Å². The lowest BCUT2D eigenvalue weighted by Gasteiger charge is -2.33. The maximum atomic E-state index is 13.8. The van der Waals surface area contributed by atoms with Crippen LogP contribution in [-0.4, -0.2) is 33.9 Å². The molecule has 1 atom stereocenters. The molecule has 0 aliphatic carbocycles. The van der Waals surface area contributed by atoms with Crippen molar-refractivity contribution in [3.05, 3.63) is 77.9 Å². The number of likely N-dealkylation sites (tertiary alicyclic amines) is 1. The monoisotopic (exact) mass is 404 g/mol. The number of nitrogens with zero attached hydrogens (tertiary/aromatic N) is 3. The van der Waals surface area contributed by atoms with E-state index in [-0.39, 0.29) is 23.6 Å². The topological polar surface area (TPSA) is 72.1 Å². The molecule has 6 heteroatoms. The molecule has 4 rings (SSSR count). The van der Waals surface area contributed by atoms with Crippen molar-refractivity contribution in [3.63, 3.8) is 0 Å². The molecule has 1 aromatic heterocycles. The van der Waals surface area contributed by atoms with Crippen molar-refractivity contribution in [2.24, 2.45) is 0 Å². The summed E-state index contributed by atoms with van der Waals surface area (Å²) in [5.41, 5.74) is 9.31. The van der Waals surface area contributed by atoms with Crippen LogP contribution in [0, 0.1) is 5.82 Å². The Bertz CT molecular complexity index is 1020. The van der Waals surface area contributed by atoms with Crippen molar-refractivity contribution in [2.45, 2.75) is 31.6 Å². The maximum absolute atomic E-state index is 13.8. The molecule has 1 fully saturated rings. The Morgan fingerprint density at radius 2 is 2.00 bits per heavy atom. The minimum absolute atomic E-state index is 0.0444. The number of halogens is 1. The number of aromatic nitrogens is 2. The van der Waals surface area contributed by atoms with E-state index >= 15 is 0 Å². The summed E-state index contributed by atoms with van der Waals surface area (Å²) in [5, 5.41) is 0. The van der Waals surface area contributed by atoms with Gasteiger partial charge in [0.15, 0.2) is 0 Å². The molecule has 154 valence electrons. The molecule has 2 aromatic carbocycles. The third-order valence-corrected chi connectivity index (χ3v) is 5.60. The Morgan fingerprint density at radius 3 is 2.80 bits per heavy atom. The van der Waals surface area contributed by atoms with Gasteiger partial charge in [0.1, 0.15) is 5.82 Å². The van der Waals surface area contributed by atoms with Crippen LogP contribution in [-0.2, 0) is 11.2 Å². The maximum Gasteiger partial charge on any atom is 0.222 e. The molecule has 1 amide bonds. The van der Waals surface area contributed by atoms with Crippen molar-refractivity contribution in [1.82, 2.24) is 14.9 Å². The summed E-state index contributed by atoms with van der Waals surface area (Å²) in [6, 6.07) is 16.4. The molecule has 3 aromatic rings. The number of piperidine rings is 1. The number of hydrogen-bond acceptors (Lipinski definition) is 4. The minimum Gasteiger partial charge on any atom is -0.368 e. The van der Waals surface area contributed by atoms with Gasteiger partial charge in [-0.05, 0) is 42.5 Å². The fourth-order valence-electron chi connectivity index (χ4n) is 4.08. The van der Waals surface area contributed by atoms with Gasteiger partial charge in [-0.3, -0.25) is 4.79 Å². The van der Waals surface area contributed by atoms with Gasteiger partial charge < -0.3 is 10.6 Å². The van der Waals surface area contributed by atoms with Gasteiger partial charge in [-0.15, -0.1) is 0 Å². The lowest BCUT2D eigenvalue weighted by atomic mass is 9.89. The molecule has 0 spiro atoms. The third-order valence-electron chi connectivity index (χ3n) is 5.60. The zero-order valence-corrected chi connectivity index (χ0v) is 16.8. The first-order chi connectivity index (χ1) is 14.6. The summed E-state index contributed by atoms with van der Waals surface area (Å²) in [6.45, 7) is 1.34. The molecule has 1 saturated heterocycles. The van der Waals surface area contributed by atoms with Crippen molar-refractivity contribution in [1.29, 1.82) is 0 Å². The van der Waals surface area contributed by atoms with E-state index in [1.165, 1.54) is 12.1 Å². The molecular formula is C24H25FN4O. The number of anilines is 1. The van der Waals surface area contributed by atoms with Crippen LogP contribution in [0.1, 0.15) is 36.4 Å². The van der Waals surface area contributed by atoms with Crippen LogP contribution in [0.3, 0.4) is 0 Å². The number of amides is 1. The Labute approximate surface area is 175 Å². The van der Waals surface area contributed by atoms with Gasteiger partial charge in [-0.25, -0.2) is 14.4 Å². The molecule has 1 aliphatic rings. The van der Waals surface area contributed by atoms with E-state index in [0.29, 0.717) is 13.0 Å². The predicted molar refractivity (Wildman–Crippen MR) is 115 cm³/mol. The summed E-state index contributed by atoms with van der Waals surface area (Å²) >= 11 is 0. The summed E-state index contributed by atoms with van der Waals surface area (Å²) < 4.78 is 13.8. The molecule has 0 bridgehead atoms. The lowest BCUT2D eigenvalue weighted by molar-refractivity contribution is -0.132. The van der Waals surface area contributed by atoms with E-state index in [2.05, 4.69) is 9.97 Å². The number of rotatable bonds is 5. The highest BCUT2D eigenvalue weighted by Crippen LogP contribution is 2.33. The molecule has 0 radical (unpaired) electrons. The first-order valence-corrected chi connectivity index (χ1v) is 10.3. The number of carbonyl (C=O) groups excluding carboxylic acids is 1. The largest absolute Gasteiger partial charge is 0.368 e. The summed E-state index contributed by atoms with van der Waals surface area (Å²) in [6.07, 6.45) is 4.67. The van der Waals surface area contributed by atoms with Crippen LogP contribution < -0.4 is 5.73 Å². The predicted octanol–water partition coefficient (Wildman–Crippen LogP) is 4.20. The zero-order chi connectivity index (χ0) is 20.9. The second kappa shape index (κ2) is 9.03. The Hall–Kier alpha value is -3.28. The number of aryl methyl sites for hydroxylation is 1. The van der Waals surface area contributed by atoms with Crippen LogP contribution in [0.25, 0.3) is 11.1 Å². The van der Waals surface area contributed by atoms with E-state index in [1.54, 1.807) is 12.3 Å². The van der Waals surface area contributed by atoms with Gasteiger partial charge in [0.2, 0.25) is 11.9 Å². The van der Waals surface area contributed by atoms with E-state index in [1.807, 2.05) is 41.3 Å². The lowest BCUT2D eigenvalue weighted by Crippen LogP contribution is -2.39. The summed E-state index contributed by atoms with van der Waals surface area (Å²) in [4.78, 5) is 23.4. The average Bonchev–Trinajstić information content (AvgIpc) is 2.78. The van der Waals surface area contributed by atoms with Gasteiger partial charge in [-0.2, -0.15) is 0 Å². The van der Waals surface area contributed by atoms with Crippen LogP contribution >= 0.6 is 0 Å². The first kappa shape index (κ1) is 20.0. The van der Waals surface area contributed by atoms with Crippen molar-refractivity contribution < 1.29 is 9.18 Å². The Morgan fingerprint density at radius 1 is 1.17 bits per heavy atom. The van der Waals surface area contributed by atoms with E-state index in [0.717, 1.165) is 48.2 Å². The minimum atomic E-state index is -0.309. The van der Waals surface area contributed by atoms with Crippen molar-refractivity contribution in [3.8, 4) is 11.1 Å². The van der Waals surface area contributed by atoms with Gasteiger partial charge in [-0.1, -0.05) is 42.5 Å². The van der Waals surface area contributed by atoms with Crippen LogP contribution in [0.2, 0.25) is 0 Å². The quantitative estimate of drug-likeness (QED) is 0.692. The van der Waals surface area contributed by atoms with Gasteiger partial charge in [0, 0.05) is 37.2 Å². The standard InChI is InChI=1S/C24H25FN4O/c25-20-10-4-8-18(14-20)21-15-27-24(26)28-23(21)19-9-5-13-29(16-19)22(30)12-11-17-6-2-1-3-7-17/h1-4,6-8,10,14-15,19H,5,9,11-13,16H2,(H2,26,27,28)/t19-/m1/s1. The Kier molecular flexibility index (Phi) is 6.02. The molecule has 2 N–H and O–H groups in total. The van der Waals surface area contributed by atoms with Crippen molar-refractivity contribution in [2.75, 3.05) is 18.8 Å². The Balaban J connectivity index is 1.52. The molecule has 30 heavy (non-hydrogen) atoms. The average molecular weight is 404 g/mol. The van der Waals surface area contributed by atoms with Gasteiger partial charge in [0.25, 0.3) is 0 Å².